The van der Waals surface area contributed by atoms with Crippen LogP contribution in [0, 0.1) is 0 Å². The maximum Gasteiger partial charge on any atom is 0.0959 e. The summed E-state index contributed by atoms with van der Waals surface area (Å²) < 4.78 is 0. The molecule has 2 N–H and O–H groups in total. The van der Waals surface area contributed by atoms with Crippen molar-refractivity contribution in [3.63, 3.8) is 0 Å². The van der Waals surface area contributed by atoms with Crippen LogP contribution in [0.1, 0.15) is 47.9 Å². The van der Waals surface area contributed by atoms with Crippen molar-refractivity contribution < 1.29 is 5.11 Å². The first-order valence-corrected chi connectivity index (χ1v) is 6.93. The van der Waals surface area contributed by atoms with Gasteiger partial charge >= 0.3 is 0 Å². The highest BCUT2D eigenvalue weighted by atomic mass is 32.1. The molecule has 0 amide bonds. The summed E-state index contributed by atoms with van der Waals surface area (Å²) in [5, 5.41) is 14.0. The van der Waals surface area contributed by atoms with Crippen molar-refractivity contribution in [3.8, 4) is 0 Å². The van der Waals surface area contributed by atoms with Crippen LogP contribution in [0.3, 0.4) is 0 Å². The van der Waals surface area contributed by atoms with E-state index in [0.717, 1.165) is 25.3 Å². The van der Waals surface area contributed by atoms with Crippen molar-refractivity contribution in [1.82, 2.24) is 10.3 Å². The number of thiazole rings is 1. The molecule has 2 saturated carbocycles. The molecule has 0 atom stereocenters. The second-order valence-electron chi connectivity index (χ2n) is 5.08. The van der Waals surface area contributed by atoms with E-state index in [-0.39, 0.29) is 12.1 Å². The van der Waals surface area contributed by atoms with Gasteiger partial charge in [-0.2, -0.15) is 0 Å². The van der Waals surface area contributed by atoms with Crippen molar-refractivity contribution in [1.29, 1.82) is 0 Å². The van der Waals surface area contributed by atoms with Crippen molar-refractivity contribution in [2.75, 3.05) is 6.61 Å². The Morgan fingerprint density at radius 3 is 2.88 bits per heavy atom. The molecule has 0 aliphatic heterocycles. The van der Waals surface area contributed by atoms with Crippen LogP contribution in [-0.4, -0.2) is 22.2 Å². The maximum absolute atomic E-state index is 9.20. The topological polar surface area (TPSA) is 45.1 Å². The smallest absolute Gasteiger partial charge is 0.0959 e. The summed E-state index contributed by atoms with van der Waals surface area (Å²) in [6.07, 6.45) is 8.22. The number of nitrogens with one attached hydrogen (secondary N) is 1. The number of aliphatic hydroxyl groups is 1. The van der Waals surface area contributed by atoms with Gasteiger partial charge in [0, 0.05) is 29.1 Å². The van der Waals surface area contributed by atoms with Gasteiger partial charge in [-0.25, -0.2) is 4.98 Å². The normalized spacial score (nSPS) is 23.1. The van der Waals surface area contributed by atoms with E-state index in [2.05, 4.69) is 10.3 Å². The second kappa shape index (κ2) is 4.09. The molecule has 88 valence electrons. The second-order valence-corrected chi connectivity index (χ2v) is 6.23. The van der Waals surface area contributed by atoms with Gasteiger partial charge in [0.2, 0.25) is 0 Å². The van der Waals surface area contributed by atoms with E-state index in [0.29, 0.717) is 0 Å². The minimum Gasteiger partial charge on any atom is -0.394 e. The maximum atomic E-state index is 9.20. The Morgan fingerprint density at radius 1 is 1.50 bits per heavy atom. The largest absolute Gasteiger partial charge is 0.394 e. The monoisotopic (exact) mass is 238 g/mol. The summed E-state index contributed by atoms with van der Waals surface area (Å²) in [7, 11) is 0. The number of hydrogen-bond acceptors (Lipinski definition) is 4. The summed E-state index contributed by atoms with van der Waals surface area (Å²) in [6.45, 7) is 1.13. The van der Waals surface area contributed by atoms with E-state index < -0.39 is 0 Å². The molecule has 0 aromatic carbocycles. The van der Waals surface area contributed by atoms with Crippen LogP contribution in [0.25, 0.3) is 0 Å². The lowest BCUT2D eigenvalue weighted by atomic mass is 9.86. The van der Waals surface area contributed by atoms with Crippen LogP contribution < -0.4 is 5.32 Å². The average molecular weight is 238 g/mol. The minimum absolute atomic E-state index is 0.0423. The van der Waals surface area contributed by atoms with Crippen LogP contribution in [0.2, 0.25) is 0 Å². The molecule has 2 aliphatic carbocycles. The van der Waals surface area contributed by atoms with Crippen LogP contribution >= 0.6 is 11.3 Å². The van der Waals surface area contributed by atoms with E-state index >= 15 is 0 Å². The Hall–Kier alpha value is -0.450. The SMILES string of the molecule is OCC1(NCc2cnc(C3CCC3)s2)CC1. The Labute approximate surface area is 99.9 Å². The first kappa shape index (κ1) is 10.7. The highest BCUT2D eigenvalue weighted by Gasteiger charge is 2.41. The molecule has 1 aromatic heterocycles. The van der Waals surface area contributed by atoms with Gasteiger partial charge in [0.05, 0.1) is 11.6 Å². The molecule has 0 bridgehead atoms. The van der Waals surface area contributed by atoms with Gasteiger partial charge < -0.3 is 10.4 Å². The van der Waals surface area contributed by atoms with E-state index in [4.69, 9.17) is 0 Å². The van der Waals surface area contributed by atoms with Crippen molar-refractivity contribution in [3.05, 3.63) is 16.1 Å². The predicted octanol–water partition coefficient (Wildman–Crippen LogP) is 2.03. The van der Waals surface area contributed by atoms with Gasteiger partial charge in [-0.1, -0.05) is 6.42 Å². The summed E-state index contributed by atoms with van der Waals surface area (Å²) in [5.74, 6) is 0.742. The third-order valence-corrected chi connectivity index (χ3v) is 4.98. The number of aromatic nitrogens is 1. The van der Waals surface area contributed by atoms with Gasteiger partial charge in [-0.3, -0.25) is 0 Å². The van der Waals surface area contributed by atoms with E-state index in [1.807, 2.05) is 17.5 Å². The zero-order chi connectivity index (χ0) is 11.0. The quantitative estimate of drug-likeness (QED) is 0.825. The van der Waals surface area contributed by atoms with Gasteiger partial charge in [-0.05, 0) is 25.7 Å². The predicted molar refractivity (Wildman–Crippen MR) is 64.6 cm³/mol. The highest BCUT2D eigenvalue weighted by Crippen LogP contribution is 2.39. The Morgan fingerprint density at radius 2 is 2.31 bits per heavy atom. The number of nitrogens with zero attached hydrogens (tertiary/aromatic N) is 1. The minimum atomic E-state index is 0.0423. The molecule has 2 aliphatic rings. The van der Waals surface area contributed by atoms with Crippen molar-refractivity contribution in [2.45, 2.75) is 50.1 Å². The molecular formula is C12H18N2OS. The summed E-state index contributed by atoms with van der Waals surface area (Å²) in [6, 6.07) is 0. The molecule has 16 heavy (non-hydrogen) atoms. The molecular weight excluding hydrogens is 220 g/mol. The highest BCUT2D eigenvalue weighted by molar-refractivity contribution is 7.11. The molecule has 3 rings (SSSR count). The fourth-order valence-electron chi connectivity index (χ4n) is 2.06. The van der Waals surface area contributed by atoms with E-state index in [1.165, 1.54) is 29.1 Å². The van der Waals surface area contributed by atoms with Gasteiger partial charge in [0.1, 0.15) is 0 Å². The third-order valence-electron chi connectivity index (χ3n) is 3.82. The van der Waals surface area contributed by atoms with Crippen LogP contribution in [0.15, 0.2) is 6.20 Å². The number of hydrogen-bond donors (Lipinski definition) is 2. The Bertz CT molecular complexity index is 369. The van der Waals surface area contributed by atoms with E-state index in [1.54, 1.807) is 0 Å². The molecule has 0 radical (unpaired) electrons. The zero-order valence-corrected chi connectivity index (χ0v) is 10.2. The first-order chi connectivity index (χ1) is 7.81. The molecule has 1 heterocycles. The van der Waals surface area contributed by atoms with Crippen molar-refractivity contribution in [2.24, 2.45) is 0 Å². The number of rotatable bonds is 5. The first-order valence-electron chi connectivity index (χ1n) is 6.12. The van der Waals surface area contributed by atoms with Gasteiger partial charge in [-0.15, -0.1) is 11.3 Å². The van der Waals surface area contributed by atoms with Crippen molar-refractivity contribution >= 4 is 11.3 Å². The molecule has 0 spiro atoms. The van der Waals surface area contributed by atoms with Crippen LogP contribution in [0.4, 0.5) is 0 Å². The summed E-state index contributed by atoms with van der Waals surface area (Å²) in [4.78, 5) is 5.81. The lowest BCUT2D eigenvalue weighted by Gasteiger charge is -2.22. The lowest BCUT2D eigenvalue weighted by molar-refractivity contribution is 0.230. The summed E-state index contributed by atoms with van der Waals surface area (Å²) in [5.41, 5.74) is 0.0423. The average Bonchev–Trinajstić information content (AvgIpc) is 2.88. The molecule has 3 nitrogen and oxygen atoms in total. The number of aliphatic hydroxyl groups excluding tert-OH is 1. The fraction of sp³-hybridized carbons (Fsp3) is 0.750. The Balaban J connectivity index is 1.56. The van der Waals surface area contributed by atoms with Gasteiger partial charge in [0.15, 0.2) is 0 Å². The lowest BCUT2D eigenvalue weighted by Crippen LogP contribution is -2.33. The van der Waals surface area contributed by atoms with Crippen LogP contribution in [0.5, 0.6) is 0 Å². The Kier molecular flexibility index (Phi) is 2.73. The molecule has 4 heteroatoms. The molecule has 0 saturated heterocycles. The molecule has 1 aromatic rings. The summed E-state index contributed by atoms with van der Waals surface area (Å²) >= 11 is 1.84. The molecule has 2 fully saturated rings. The standard InChI is InChI=1S/C12H18N2OS/c15-8-12(4-5-12)14-7-10-6-13-11(16-10)9-2-1-3-9/h6,9,14-15H,1-5,7-8H2. The molecule has 0 unspecified atom stereocenters. The van der Waals surface area contributed by atoms with E-state index in [9.17, 15) is 5.11 Å². The zero-order valence-electron chi connectivity index (χ0n) is 9.41. The van der Waals surface area contributed by atoms with Crippen LogP contribution in [-0.2, 0) is 6.54 Å². The fourth-order valence-corrected chi connectivity index (χ4v) is 3.09. The van der Waals surface area contributed by atoms with Gasteiger partial charge in [0.25, 0.3) is 0 Å². The third kappa shape index (κ3) is 2.01.